The lowest BCUT2D eigenvalue weighted by Crippen LogP contribution is -2.39. The van der Waals surface area contributed by atoms with Gasteiger partial charge in [0.05, 0.1) is 0 Å². The van der Waals surface area contributed by atoms with Crippen LogP contribution in [0.2, 0.25) is 0 Å². The molecule has 1 aliphatic rings. The van der Waals surface area contributed by atoms with E-state index in [-0.39, 0.29) is 0 Å². The van der Waals surface area contributed by atoms with Gasteiger partial charge in [-0.2, -0.15) is 0 Å². The van der Waals surface area contributed by atoms with Crippen molar-refractivity contribution in [1.82, 2.24) is 9.47 Å². The molecule has 0 bridgehead atoms. The van der Waals surface area contributed by atoms with Crippen LogP contribution in [0.3, 0.4) is 0 Å². The van der Waals surface area contributed by atoms with E-state index in [9.17, 15) is 4.79 Å². The number of rotatable bonds is 5. The molecule has 116 valence electrons. The largest absolute Gasteiger partial charge is 0.354 e. The standard InChI is InChI=1S/C19H24N2O/c22-19(10-13-20-11-4-5-12-20)21-14-8-18(9-15-21)16-17-6-2-1-3-7-17/h1-7,11-12,18H,8-10,13-16H2. The van der Waals surface area contributed by atoms with Crippen LogP contribution in [0.15, 0.2) is 54.9 Å². The Kier molecular flexibility index (Phi) is 4.94. The molecule has 1 amide bonds. The number of aryl methyl sites for hydroxylation is 1. The van der Waals surface area contributed by atoms with Crippen LogP contribution in [0.1, 0.15) is 24.8 Å². The highest BCUT2D eigenvalue weighted by Crippen LogP contribution is 2.22. The van der Waals surface area contributed by atoms with Gasteiger partial charge in [-0.1, -0.05) is 30.3 Å². The molecule has 0 unspecified atom stereocenters. The number of nitrogens with zero attached hydrogens (tertiary/aromatic N) is 2. The SMILES string of the molecule is O=C(CCn1cccc1)N1CCC(Cc2ccccc2)CC1. The summed E-state index contributed by atoms with van der Waals surface area (Å²) in [6.07, 6.45) is 8.04. The van der Waals surface area contributed by atoms with Crippen molar-refractivity contribution in [3.63, 3.8) is 0 Å². The monoisotopic (exact) mass is 296 g/mol. The van der Waals surface area contributed by atoms with Gasteiger partial charge in [0.15, 0.2) is 0 Å². The van der Waals surface area contributed by atoms with E-state index in [0.717, 1.165) is 44.8 Å². The van der Waals surface area contributed by atoms with Crippen molar-refractivity contribution in [3.05, 3.63) is 60.4 Å². The third-order valence-electron chi connectivity index (χ3n) is 4.58. The maximum absolute atomic E-state index is 12.3. The fraction of sp³-hybridized carbons (Fsp3) is 0.421. The Balaban J connectivity index is 1.42. The number of benzene rings is 1. The molecule has 0 N–H and O–H groups in total. The molecule has 22 heavy (non-hydrogen) atoms. The molecule has 1 aromatic heterocycles. The van der Waals surface area contributed by atoms with Crippen LogP contribution in [0, 0.1) is 5.92 Å². The van der Waals surface area contributed by atoms with E-state index in [0.29, 0.717) is 12.3 Å². The minimum absolute atomic E-state index is 0.298. The van der Waals surface area contributed by atoms with Crippen LogP contribution in [0.25, 0.3) is 0 Å². The molecular formula is C19H24N2O. The van der Waals surface area contributed by atoms with E-state index in [1.165, 1.54) is 5.56 Å². The summed E-state index contributed by atoms with van der Waals surface area (Å²) in [6.45, 7) is 2.62. The first-order valence-electron chi connectivity index (χ1n) is 8.24. The summed E-state index contributed by atoms with van der Waals surface area (Å²) in [5.74, 6) is 1.02. The number of aromatic nitrogens is 1. The summed E-state index contributed by atoms with van der Waals surface area (Å²) in [5.41, 5.74) is 1.42. The normalized spacial score (nSPS) is 15.9. The van der Waals surface area contributed by atoms with Gasteiger partial charge in [-0.05, 0) is 42.9 Å². The summed E-state index contributed by atoms with van der Waals surface area (Å²) in [4.78, 5) is 14.3. The molecule has 3 rings (SSSR count). The Morgan fingerprint density at radius 1 is 1.00 bits per heavy atom. The summed E-state index contributed by atoms with van der Waals surface area (Å²) >= 11 is 0. The molecule has 3 nitrogen and oxygen atoms in total. The minimum Gasteiger partial charge on any atom is -0.354 e. The van der Waals surface area contributed by atoms with Gasteiger partial charge in [0.2, 0.25) is 5.91 Å². The maximum Gasteiger partial charge on any atom is 0.224 e. The van der Waals surface area contributed by atoms with Crippen molar-refractivity contribution in [1.29, 1.82) is 0 Å². The molecule has 2 heterocycles. The molecule has 1 fully saturated rings. The average molecular weight is 296 g/mol. The molecule has 3 heteroatoms. The zero-order chi connectivity index (χ0) is 15.2. The fourth-order valence-corrected chi connectivity index (χ4v) is 3.24. The highest BCUT2D eigenvalue weighted by molar-refractivity contribution is 5.76. The Labute approximate surface area is 132 Å². The van der Waals surface area contributed by atoms with Crippen molar-refractivity contribution in [2.24, 2.45) is 5.92 Å². The van der Waals surface area contributed by atoms with Gasteiger partial charge in [-0.3, -0.25) is 4.79 Å². The molecule has 1 saturated heterocycles. The van der Waals surface area contributed by atoms with Gasteiger partial charge in [0.1, 0.15) is 0 Å². The van der Waals surface area contributed by atoms with Gasteiger partial charge in [0.25, 0.3) is 0 Å². The Morgan fingerprint density at radius 2 is 1.68 bits per heavy atom. The lowest BCUT2D eigenvalue weighted by atomic mass is 9.90. The van der Waals surface area contributed by atoms with Gasteiger partial charge in [-0.25, -0.2) is 0 Å². The van der Waals surface area contributed by atoms with E-state index in [4.69, 9.17) is 0 Å². The van der Waals surface area contributed by atoms with Crippen LogP contribution < -0.4 is 0 Å². The second-order valence-corrected chi connectivity index (χ2v) is 6.18. The highest BCUT2D eigenvalue weighted by Gasteiger charge is 2.22. The summed E-state index contributed by atoms with van der Waals surface area (Å²) in [7, 11) is 0. The lowest BCUT2D eigenvalue weighted by molar-refractivity contribution is -0.132. The van der Waals surface area contributed by atoms with E-state index in [2.05, 4.69) is 34.9 Å². The van der Waals surface area contributed by atoms with Crippen molar-refractivity contribution < 1.29 is 4.79 Å². The zero-order valence-electron chi connectivity index (χ0n) is 13.0. The first-order chi connectivity index (χ1) is 10.8. The Bertz CT molecular complexity index is 569. The average Bonchev–Trinajstić information content (AvgIpc) is 3.08. The third-order valence-corrected chi connectivity index (χ3v) is 4.58. The van der Waals surface area contributed by atoms with Crippen molar-refractivity contribution in [3.8, 4) is 0 Å². The number of piperidine rings is 1. The Hall–Kier alpha value is -2.03. The second-order valence-electron chi connectivity index (χ2n) is 6.18. The highest BCUT2D eigenvalue weighted by atomic mass is 16.2. The van der Waals surface area contributed by atoms with E-state index in [1.54, 1.807) is 0 Å². The summed E-state index contributed by atoms with van der Waals surface area (Å²) in [5, 5.41) is 0. The molecule has 0 radical (unpaired) electrons. The first kappa shape index (κ1) is 14.9. The van der Waals surface area contributed by atoms with E-state index < -0.39 is 0 Å². The van der Waals surface area contributed by atoms with Gasteiger partial charge in [0, 0.05) is 38.4 Å². The van der Waals surface area contributed by atoms with Gasteiger partial charge in [-0.15, -0.1) is 0 Å². The van der Waals surface area contributed by atoms with Crippen molar-refractivity contribution in [2.45, 2.75) is 32.2 Å². The summed E-state index contributed by atoms with van der Waals surface area (Å²) < 4.78 is 2.07. The van der Waals surface area contributed by atoms with E-state index >= 15 is 0 Å². The van der Waals surface area contributed by atoms with Crippen LogP contribution in [-0.4, -0.2) is 28.5 Å². The van der Waals surface area contributed by atoms with Crippen LogP contribution in [0.5, 0.6) is 0 Å². The quantitative estimate of drug-likeness (QED) is 0.830. The van der Waals surface area contributed by atoms with Crippen LogP contribution in [0.4, 0.5) is 0 Å². The third kappa shape index (κ3) is 4.00. The second kappa shape index (κ2) is 7.30. The molecule has 0 atom stereocenters. The number of likely N-dealkylation sites (tertiary alicyclic amines) is 1. The zero-order valence-corrected chi connectivity index (χ0v) is 13.0. The molecule has 0 spiro atoms. The number of carbonyl (C=O) groups is 1. The molecule has 2 aromatic rings. The molecule has 1 aliphatic heterocycles. The smallest absolute Gasteiger partial charge is 0.224 e. The van der Waals surface area contributed by atoms with E-state index in [1.807, 2.05) is 29.4 Å². The molecular weight excluding hydrogens is 272 g/mol. The number of hydrogen-bond donors (Lipinski definition) is 0. The first-order valence-corrected chi connectivity index (χ1v) is 8.24. The predicted molar refractivity (Wildman–Crippen MR) is 88.5 cm³/mol. The molecule has 0 aliphatic carbocycles. The molecule has 1 aromatic carbocycles. The minimum atomic E-state index is 0.298. The van der Waals surface area contributed by atoms with Gasteiger partial charge >= 0.3 is 0 Å². The topological polar surface area (TPSA) is 25.2 Å². The lowest BCUT2D eigenvalue weighted by Gasteiger charge is -2.32. The number of amides is 1. The van der Waals surface area contributed by atoms with Crippen LogP contribution >= 0.6 is 0 Å². The predicted octanol–water partition coefficient (Wildman–Crippen LogP) is 3.36. The number of carbonyl (C=O) groups excluding carboxylic acids is 1. The maximum atomic E-state index is 12.3. The Morgan fingerprint density at radius 3 is 2.36 bits per heavy atom. The fourth-order valence-electron chi connectivity index (χ4n) is 3.24. The molecule has 0 saturated carbocycles. The number of hydrogen-bond acceptors (Lipinski definition) is 1. The van der Waals surface area contributed by atoms with Crippen molar-refractivity contribution >= 4 is 5.91 Å². The van der Waals surface area contributed by atoms with Crippen LogP contribution in [-0.2, 0) is 17.8 Å². The van der Waals surface area contributed by atoms with Gasteiger partial charge < -0.3 is 9.47 Å². The summed E-state index contributed by atoms with van der Waals surface area (Å²) in [6, 6.07) is 14.7. The van der Waals surface area contributed by atoms with Crippen molar-refractivity contribution in [2.75, 3.05) is 13.1 Å².